The predicted octanol–water partition coefficient (Wildman–Crippen LogP) is 3.15. The van der Waals surface area contributed by atoms with Crippen LogP contribution in [0.1, 0.15) is 39.4 Å². The number of hydrogen-bond acceptors (Lipinski definition) is 7. The summed E-state index contributed by atoms with van der Waals surface area (Å²) in [5.41, 5.74) is 4.57. The molecule has 4 rings (SSSR count). The Hall–Kier alpha value is -3.39. The van der Waals surface area contributed by atoms with Crippen molar-refractivity contribution in [1.29, 1.82) is 0 Å². The van der Waals surface area contributed by atoms with Crippen molar-refractivity contribution in [2.24, 2.45) is 0 Å². The number of ether oxygens (including phenoxy) is 1. The van der Waals surface area contributed by atoms with Gasteiger partial charge in [-0.05, 0) is 45.0 Å². The van der Waals surface area contributed by atoms with Crippen LogP contribution in [0.25, 0.3) is 0 Å². The highest BCUT2D eigenvalue weighted by molar-refractivity contribution is 5.92. The van der Waals surface area contributed by atoms with E-state index < -0.39 is 0 Å². The minimum absolute atomic E-state index is 0.147. The van der Waals surface area contributed by atoms with Crippen LogP contribution in [0.4, 0.5) is 11.5 Å². The van der Waals surface area contributed by atoms with Gasteiger partial charge in [0, 0.05) is 29.8 Å². The van der Waals surface area contributed by atoms with Crippen molar-refractivity contribution in [2.45, 2.75) is 26.9 Å². The Morgan fingerprint density at radius 1 is 1.07 bits per heavy atom. The van der Waals surface area contributed by atoms with E-state index >= 15 is 0 Å². The minimum Gasteiger partial charge on any atom is -0.368 e. The van der Waals surface area contributed by atoms with E-state index in [1.807, 2.05) is 51.1 Å². The first kappa shape index (κ1) is 19.9. The van der Waals surface area contributed by atoms with Gasteiger partial charge in [0.2, 0.25) is 0 Å². The molecule has 4 heterocycles. The SMILES string of the molecule is Cc1cnc(C(=O)N2CCO[C@@H](c3cc(Nc4cccc(C)n4)cc(C)n3)C2)cn1. The van der Waals surface area contributed by atoms with Gasteiger partial charge in [-0.25, -0.2) is 9.97 Å². The topological polar surface area (TPSA) is 93.1 Å². The maximum atomic E-state index is 12.8. The summed E-state index contributed by atoms with van der Waals surface area (Å²) in [6.07, 6.45) is 2.81. The van der Waals surface area contributed by atoms with Crippen molar-refractivity contribution >= 4 is 17.4 Å². The third kappa shape index (κ3) is 4.60. The first-order chi connectivity index (χ1) is 14.5. The number of amides is 1. The summed E-state index contributed by atoms with van der Waals surface area (Å²) >= 11 is 0. The lowest BCUT2D eigenvalue weighted by atomic mass is 10.1. The zero-order valence-corrected chi connectivity index (χ0v) is 17.3. The number of rotatable bonds is 4. The fourth-order valence-corrected chi connectivity index (χ4v) is 3.37. The molecule has 1 fully saturated rings. The highest BCUT2D eigenvalue weighted by Gasteiger charge is 2.28. The molecule has 30 heavy (non-hydrogen) atoms. The lowest BCUT2D eigenvalue weighted by molar-refractivity contribution is -0.0249. The van der Waals surface area contributed by atoms with Crippen LogP contribution in [-0.2, 0) is 4.74 Å². The number of morpholine rings is 1. The van der Waals surface area contributed by atoms with E-state index in [1.165, 1.54) is 6.20 Å². The molecule has 1 atom stereocenters. The molecule has 1 N–H and O–H groups in total. The number of anilines is 2. The van der Waals surface area contributed by atoms with Crippen LogP contribution in [0.3, 0.4) is 0 Å². The number of aryl methyl sites for hydroxylation is 3. The van der Waals surface area contributed by atoms with Crippen LogP contribution < -0.4 is 5.32 Å². The van der Waals surface area contributed by atoms with Gasteiger partial charge >= 0.3 is 0 Å². The third-order valence-corrected chi connectivity index (χ3v) is 4.82. The molecular formula is C22H24N6O2. The second-order valence-corrected chi connectivity index (χ2v) is 7.36. The van der Waals surface area contributed by atoms with Gasteiger partial charge in [-0.15, -0.1) is 0 Å². The van der Waals surface area contributed by atoms with E-state index in [-0.39, 0.29) is 12.0 Å². The van der Waals surface area contributed by atoms with E-state index in [9.17, 15) is 4.79 Å². The Labute approximate surface area is 175 Å². The van der Waals surface area contributed by atoms with Crippen LogP contribution in [-0.4, -0.2) is 50.4 Å². The summed E-state index contributed by atoms with van der Waals surface area (Å²) < 4.78 is 5.94. The molecule has 0 saturated carbocycles. The number of pyridine rings is 2. The first-order valence-corrected chi connectivity index (χ1v) is 9.87. The van der Waals surface area contributed by atoms with Gasteiger partial charge in [0.15, 0.2) is 0 Å². The summed E-state index contributed by atoms with van der Waals surface area (Å²) in [4.78, 5) is 32.1. The third-order valence-electron chi connectivity index (χ3n) is 4.82. The quantitative estimate of drug-likeness (QED) is 0.714. The Morgan fingerprint density at radius 3 is 2.70 bits per heavy atom. The van der Waals surface area contributed by atoms with Crippen LogP contribution in [0.2, 0.25) is 0 Å². The first-order valence-electron chi connectivity index (χ1n) is 9.87. The fraction of sp³-hybridized carbons (Fsp3) is 0.318. The second kappa shape index (κ2) is 8.54. The fourth-order valence-electron chi connectivity index (χ4n) is 3.37. The summed E-state index contributed by atoms with van der Waals surface area (Å²) in [6.45, 7) is 7.09. The Balaban J connectivity index is 1.52. The number of carbonyl (C=O) groups is 1. The molecule has 0 bridgehead atoms. The van der Waals surface area contributed by atoms with E-state index in [0.717, 1.165) is 34.3 Å². The van der Waals surface area contributed by atoms with Crippen molar-refractivity contribution in [3.8, 4) is 0 Å². The molecule has 8 heteroatoms. The molecule has 3 aromatic rings. The monoisotopic (exact) mass is 404 g/mol. The van der Waals surface area contributed by atoms with E-state index in [2.05, 4.69) is 25.3 Å². The summed E-state index contributed by atoms with van der Waals surface area (Å²) in [7, 11) is 0. The van der Waals surface area contributed by atoms with Gasteiger partial charge in [0.05, 0.1) is 30.7 Å². The highest BCUT2D eigenvalue weighted by atomic mass is 16.5. The number of hydrogen-bond donors (Lipinski definition) is 1. The molecule has 0 aliphatic carbocycles. The van der Waals surface area contributed by atoms with Crippen LogP contribution in [0, 0.1) is 20.8 Å². The maximum Gasteiger partial charge on any atom is 0.274 e. The molecule has 1 aliphatic rings. The molecule has 1 aliphatic heterocycles. The number of nitrogens with zero attached hydrogens (tertiary/aromatic N) is 5. The molecule has 1 amide bonds. The number of carbonyl (C=O) groups excluding carboxylic acids is 1. The van der Waals surface area contributed by atoms with E-state index in [0.29, 0.717) is 25.4 Å². The van der Waals surface area contributed by atoms with Crippen molar-refractivity contribution in [3.63, 3.8) is 0 Å². The van der Waals surface area contributed by atoms with Crippen molar-refractivity contribution < 1.29 is 9.53 Å². The van der Waals surface area contributed by atoms with Crippen LogP contribution in [0.5, 0.6) is 0 Å². The largest absolute Gasteiger partial charge is 0.368 e. The van der Waals surface area contributed by atoms with Gasteiger partial charge in [-0.3, -0.25) is 14.8 Å². The number of aromatic nitrogens is 4. The van der Waals surface area contributed by atoms with Crippen LogP contribution >= 0.6 is 0 Å². The lowest BCUT2D eigenvalue weighted by Gasteiger charge is -2.32. The zero-order valence-electron chi connectivity index (χ0n) is 17.3. The molecular weight excluding hydrogens is 380 g/mol. The van der Waals surface area contributed by atoms with E-state index in [1.54, 1.807) is 11.1 Å². The maximum absolute atomic E-state index is 12.8. The molecule has 3 aromatic heterocycles. The van der Waals surface area contributed by atoms with Gasteiger partial charge in [-0.2, -0.15) is 0 Å². The van der Waals surface area contributed by atoms with E-state index in [4.69, 9.17) is 4.74 Å². The van der Waals surface area contributed by atoms with Crippen molar-refractivity contribution in [2.75, 3.05) is 25.0 Å². The summed E-state index contributed by atoms with van der Waals surface area (Å²) in [5.74, 6) is 0.622. The average Bonchev–Trinajstić information content (AvgIpc) is 2.73. The normalized spacial score (nSPS) is 16.4. The summed E-state index contributed by atoms with van der Waals surface area (Å²) in [6, 6.07) is 9.74. The predicted molar refractivity (Wildman–Crippen MR) is 113 cm³/mol. The summed E-state index contributed by atoms with van der Waals surface area (Å²) in [5, 5.41) is 3.32. The Morgan fingerprint density at radius 2 is 1.93 bits per heavy atom. The van der Waals surface area contributed by atoms with Gasteiger partial charge < -0.3 is 15.0 Å². The highest BCUT2D eigenvalue weighted by Crippen LogP contribution is 2.26. The van der Waals surface area contributed by atoms with Gasteiger partial charge in [-0.1, -0.05) is 6.07 Å². The molecule has 1 saturated heterocycles. The Kier molecular flexibility index (Phi) is 5.67. The van der Waals surface area contributed by atoms with Crippen LogP contribution in [0.15, 0.2) is 42.7 Å². The molecule has 0 spiro atoms. The van der Waals surface area contributed by atoms with Crippen molar-refractivity contribution in [3.05, 3.63) is 71.2 Å². The van der Waals surface area contributed by atoms with Gasteiger partial charge in [0.25, 0.3) is 5.91 Å². The standard InChI is InChI=1S/C22H24N6O2/c1-14-5-4-6-21(26-14)27-17-9-15(2)25-18(10-17)20-13-28(7-8-30-20)22(29)19-12-23-16(3)11-24-19/h4-6,9-12,20H,7-8,13H2,1-3H3,(H,25,26,27)/t20-/m1/s1. The lowest BCUT2D eigenvalue weighted by Crippen LogP contribution is -2.42. The van der Waals surface area contributed by atoms with Gasteiger partial charge in [0.1, 0.15) is 17.6 Å². The zero-order chi connectivity index (χ0) is 21.1. The smallest absolute Gasteiger partial charge is 0.274 e. The molecule has 0 unspecified atom stereocenters. The average molecular weight is 404 g/mol. The Bertz CT molecular complexity index is 1050. The number of nitrogens with one attached hydrogen (secondary N) is 1. The molecule has 8 nitrogen and oxygen atoms in total. The molecule has 0 radical (unpaired) electrons. The minimum atomic E-state index is -0.313. The second-order valence-electron chi connectivity index (χ2n) is 7.36. The molecule has 154 valence electrons. The van der Waals surface area contributed by atoms with Crippen molar-refractivity contribution in [1.82, 2.24) is 24.8 Å². The molecule has 0 aromatic carbocycles.